The minimum atomic E-state index is 0.565. The van der Waals surface area contributed by atoms with E-state index in [1.54, 1.807) is 0 Å². The van der Waals surface area contributed by atoms with Crippen molar-refractivity contribution in [2.45, 2.75) is 26.3 Å². The Kier molecular flexibility index (Phi) is 4.74. The van der Waals surface area contributed by atoms with Crippen LogP contribution in [0.25, 0.3) is 0 Å². The van der Waals surface area contributed by atoms with Gasteiger partial charge in [-0.1, -0.05) is 41.4 Å². The monoisotopic (exact) mass is 320 g/mol. The normalized spacial score (nSPS) is 10.4. The zero-order valence-corrected chi connectivity index (χ0v) is 12.4. The van der Waals surface area contributed by atoms with Gasteiger partial charge in [-0.05, 0) is 24.1 Å². The van der Waals surface area contributed by atoms with Crippen molar-refractivity contribution in [3.63, 3.8) is 0 Å². The molecule has 0 unspecified atom stereocenters. The molecule has 0 aliphatic heterocycles. The highest BCUT2D eigenvalue weighted by Gasteiger charge is 2.07. The molecule has 3 N–H and O–H groups in total. The van der Waals surface area contributed by atoms with Crippen molar-refractivity contribution in [2.24, 2.45) is 0 Å². The summed E-state index contributed by atoms with van der Waals surface area (Å²) in [7, 11) is 0. The van der Waals surface area contributed by atoms with Crippen molar-refractivity contribution < 1.29 is 0 Å². The van der Waals surface area contributed by atoms with E-state index >= 15 is 0 Å². The maximum absolute atomic E-state index is 5.90. The molecular weight excluding hydrogens is 304 g/mol. The minimum absolute atomic E-state index is 0.565. The Labute approximate surface area is 121 Å². The van der Waals surface area contributed by atoms with Gasteiger partial charge in [0.25, 0.3) is 0 Å². The summed E-state index contributed by atoms with van der Waals surface area (Å²) in [5, 5.41) is 3.33. The molecule has 2 rings (SSSR count). The summed E-state index contributed by atoms with van der Waals surface area (Å²) in [5.41, 5.74) is 8.10. The van der Waals surface area contributed by atoms with Gasteiger partial charge in [-0.2, -0.15) is 0 Å². The number of hydrogen-bond donors (Lipinski definition) is 2. The van der Waals surface area contributed by atoms with Gasteiger partial charge >= 0.3 is 0 Å². The molecule has 0 aliphatic carbocycles. The van der Waals surface area contributed by atoms with Crippen molar-refractivity contribution in [2.75, 3.05) is 11.1 Å². The fourth-order valence-electron chi connectivity index (χ4n) is 1.86. The molecule has 0 radical (unpaired) electrons. The summed E-state index contributed by atoms with van der Waals surface area (Å²) in [6.07, 6.45) is 3.40. The fraction of sp³-hybridized carbons (Fsp3) is 0.286. The van der Waals surface area contributed by atoms with Crippen LogP contribution >= 0.6 is 15.9 Å². The molecular formula is C14H17BrN4. The predicted octanol–water partition coefficient (Wildman–Crippen LogP) is 3.39. The van der Waals surface area contributed by atoms with E-state index in [1.165, 1.54) is 11.9 Å². The van der Waals surface area contributed by atoms with E-state index in [0.717, 1.165) is 35.2 Å². The molecule has 0 aliphatic rings. The second kappa shape index (κ2) is 6.52. The fourth-order valence-corrected chi connectivity index (χ4v) is 2.13. The first-order chi connectivity index (χ1) is 9.20. The molecule has 2 aromatic rings. The van der Waals surface area contributed by atoms with Crippen LogP contribution < -0.4 is 11.1 Å². The van der Waals surface area contributed by atoms with Gasteiger partial charge < -0.3 is 11.1 Å². The quantitative estimate of drug-likeness (QED) is 0.886. The lowest BCUT2D eigenvalue weighted by Gasteiger charge is -2.11. The number of nitrogens with zero attached hydrogens (tertiary/aromatic N) is 2. The second-order valence-corrected chi connectivity index (χ2v) is 5.23. The molecule has 5 heteroatoms. The van der Waals surface area contributed by atoms with Crippen LogP contribution in [-0.4, -0.2) is 9.97 Å². The number of aromatic nitrogens is 2. The third-order valence-corrected chi connectivity index (χ3v) is 3.38. The lowest BCUT2D eigenvalue weighted by molar-refractivity contribution is 0.901. The van der Waals surface area contributed by atoms with Crippen LogP contribution in [0.3, 0.4) is 0 Å². The van der Waals surface area contributed by atoms with Crippen LogP contribution in [0.15, 0.2) is 35.1 Å². The maximum atomic E-state index is 5.90. The van der Waals surface area contributed by atoms with Crippen LogP contribution in [0.1, 0.15) is 24.5 Å². The van der Waals surface area contributed by atoms with Crippen molar-refractivity contribution >= 4 is 27.6 Å². The van der Waals surface area contributed by atoms with Crippen LogP contribution in [0.2, 0.25) is 0 Å². The molecule has 1 aromatic heterocycles. The number of benzene rings is 1. The molecule has 4 nitrogen and oxygen atoms in total. The van der Waals surface area contributed by atoms with E-state index in [4.69, 9.17) is 5.73 Å². The maximum Gasteiger partial charge on any atom is 0.134 e. The first-order valence-electron chi connectivity index (χ1n) is 6.28. The smallest absolute Gasteiger partial charge is 0.134 e. The zero-order valence-electron chi connectivity index (χ0n) is 10.9. The highest BCUT2D eigenvalue weighted by atomic mass is 79.9. The van der Waals surface area contributed by atoms with E-state index in [0.29, 0.717) is 5.82 Å². The standard InChI is InChI=1S/C14H17BrN4/c1-2-3-12-13(16)18-9-19-14(12)17-8-10-4-6-11(15)7-5-10/h4-7,9H,2-3,8H2,1H3,(H3,16,17,18,19). The number of halogens is 1. The van der Waals surface area contributed by atoms with Gasteiger partial charge in [0.05, 0.1) is 0 Å². The zero-order chi connectivity index (χ0) is 13.7. The van der Waals surface area contributed by atoms with Gasteiger partial charge in [-0.25, -0.2) is 9.97 Å². The molecule has 0 saturated carbocycles. The summed E-state index contributed by atoms with van der Waals surface area (Å²) in [6, 6.07) is 8.19. The number of hydrogen-bond acceptors (Lipinski definition) is 4. The third kappa shape index (κ3) is 3.67. The Bertz CT molecular complexity index is 540. The van der Waals surface area contributed by atoms with Crippen LogP contribution in [0.4, 0.5) is 11.6 Å². The Morgan fingerprint density at radius 1 is 1.21 bits per heavy atom. The first kappa shape index (κ1) is 13.8. The Hall–Kier alpha value is -1.62. The molecule has 0 atom stereocenters. The van der Waals surface area contributed by atoms with Crippen LogP contribution in [0, 0.1) is 0 Å². The van der Waals surface area contributed by atoms with Gasteiger partial charge in [0.2, 0.25) is 0 Å². The predicted molar refractivity (Wildman–Crippen MR) is 81.9 cm³/mol. The van der Waals surface area contributed by atoms with Gasteiger partial charge in [-0.15, -0.1) is 0 Å². The van der Waals surface area contributed by atoms with Gasteiger partial charge in [0, 0.05) is 16.6 Å². The number of nitrogens with one attached hydrogen (secondary N) is 1. The summed E-state index contributed by atoms with van der Waals surface area (Å²) in [4.78, 5) is 8.32. The van der Waals surface area contributed by atoms with Crippen molar-refractivity contribution in [3.8, 4) is 0 Å². The average Bonchev–Trinajstić information content (AvgIpc) is 2.41. The Morgan fingerprint density at radius 3 is 2.63 bits per heavy atom. The lowest BCUT2D eigenvalue weighted by atomic mass is 10.1. The van der Waals surface area contributed by atoms with E-state index in [-0.39, 0.29) is 0 Å². The summed E-state index contributed by atoms with van der Waals surface area (Å²) >= 11 is 3.43. The Balaban J connectivity index is 2.10. The number of anilines is 2. The third-order valence-electron chi connectivity index (χ3n) is 2.85. The van der Waals surface area contributed by atoms with Crippen LogP contribution in [-0.2, 0) is 13.0 Å². The van der Waals surface area contributed by atoms with E-state index < -0.39 is 0 Å². The highest BCUT2D eigenvalue weighted by molar-refractivity contribution is 9.10. The van der Waals surface area contributed by atoms with Crippen molar-refractivity contribution in [3.05, 3.63) is 46.2 Å². The second-order valence-electron chi connectivity index (χ2n) is 4.32. The molecule has 19 heavy (non-hydrogen) atoms. The highest BCUT2D eigenvalue weighted by Crippen LogP contribution is 2.20. The summed E-state index contributed by atoms with van der Waals surface area (Å²) in [5.74, 6) is 1.40. The summed E-state index contributed by atoms with van der Waals surface area (Å²) < 4.78 is 1.08. The van der Waals surface area contributed by atoms with Crippen molar-refractivity contribution in [1.82, 2.24) is 9.97 Å². The molecule has 1 heterocycles. The largest absolute Gasteiger partial charge is 0.383 e. The minimum Gasteiger partial charge on any atom is -0.383 e. The molecule has 0 amide bonds. The molecule has 0 bridgehead atoms. The van der Waals surface area contributed by atoms with Crippen LogP contribution in [0.5, 0.6) is 0 Å². The van der Waals surface area contributed by atoms with E-state index in [1.807, 2.05) is 12.1 Å². The average molecular weight is 321 g/mol. The lowest BCUT2D eigenvalue weighted by Crippen LogP contribution is -2.08. The number of rotatable bonds is 5. The number of nitrogens with two attached hydrogens (primary N) is 1. The Morgan fingerprint density at radius 2 is 1.95 bits per heavy atom. The summed E-state index contributed by atoms with van der Waals surface area (Å²) in [6.45, 7) is 2.84. The number of nitrogen functional groups attached to an aromatic ring is 1. The topological polar surface area (TPSA) is 63.8 Å². The van der Waals surface area contributed by atoms with Gasteiger partial charge in [0.1, 0.15) is 18.0 Å². The molecule has 0 spiro atoms. The molecule has 0 fully saturated rings. The van der Waals surface area contributed by atoms with Gasteiger partial charge in [0.15, 0.2) is 0 Å². The SMILES string of the molecule is CCCc1c(N)ncnc1NCc1ccc(Br)cc1. The van der Waals surface area contributed by atoms with Gasteiger partial charge in [-0.3, -0.25) is 0 Å². The molecule has 0 saturated heterocycles. The van der Waals surface area contributed by atoms with E-state index in [9.17, 15) is 0 Å². The van der Waals surface area contributed by atoms with E-state index in [2.05, 4.69) is 50.3 Å². The molecule has 1 aromatic carbocycles. The van der Waals surface area contributed by atoms with Crippen molar-refractivity contribution in [1.29, 1.82) is 0 Å². The molecule has 100 valence electrons. The first-order valence-corrected chi connectivity index (χ1v) is 7.07.